The normalized spacial score (nSPS) is 12.7. The fraction of sp³-hybridized carbons (Fsp3) is 0.125. The zero-order chi connectivity index (χ0) is 22.6. The molecule has 5 rings (SSSR count). The van der Waals surface area contributed by atoms with Crippen molar-refractivity contribution >= 4 is 28.3 Å². The zero-order valence-corrected chi connectivity index (χ0v) is 18.3. The lowest BCUT2D eigenvalue weighted by atomic mass is 10.1. The number of fused-ring (bicyclic) bond motifs is 1. The molecule has 0 saturated heterocycles. The van der Waals surface area contributed by atoms with Crippen LogP contribution in [0.1, 0.15) is 31.4 Å². The van der Waals surface area contributed by atoms with Gasteiger partial charge in [-0.3, -0.25) is 19.9 Å². The number of amides is 2. The first-order valence-electron chi connectivity index (χ1n) is 10.3. The van der Waals surface area contributed by atoms with Crippen LogP contribution in [-0.4, -0.2) is 38.2 Å². The average molecular weight is 458 g/mol. The van der Waals surface area contributed by atoms with Gasteiger partial charge < -0.3 is 9.64 Å². The molecule has 0 fully saturated rings. The van der Waals surface area contributed by atoms with Crippen molar-refractivity contribution < 1.29 is 14.3 Å². The average Bonchev–Trinajstić information content (AvgIpc) is 3.26. The van der Waals surface area contributed by atoms with Crippen LogP contribution in [0.25, 0.3) is 0 Å². The molecule has 0 aliphatic carbocycles. The highest BCUT2D eigenvalue weighted by Crippen LogP contribution is 2.31. The highest BCUT2D eigenvalue weighted by atomic mass is 32.1. The number of benzene rings is 2. The van der Waals surface area contributed by atoms with E-state index in [4.69, 9.17) is 4.74 Å². The van der Waals surface area contributed by atoms with Crippen molar-refractivity contribution in [2.24, 2.45) is 0 Å². The minimum absolute atomic E-state index is 0.106. The van der Waals surface area contributed by atoms with Crippen LogP contribution in [-0.2, 0) is 13.0 Å². The van der Waals surface area contributed by atoms with E-state index >= 15 is 0 Å². The summed E-state index contributed by atoms with van der Waals surface area (Å²) in [7, 11) is 0. The fourth-order valence-corrected chi connectivity index (χ4v) is 4.54. The summed E-state index contributed by atoms with van der Waals surface area (Å²) in [4.78, 5) is 40.9. The van der Waals surface area contributed by atoms with Crippen molar-refractivity contribution in [3.8, 4) is 11.5 Å². The van der Waals surface area contributed by atoms with E-state index in [1.165, 1.54) is 29.9 Å². The number of hydrogen-bond acceptors (Lipinski definition) is 7. The first-order chi connectivity index (χ1) is 16.2. The van der Waals surface area contributed by atoms with Gasteiger partial charge in [0.1, 0.15) is 17.2 Å². The molecule has 0 radical (unpaired) electrons. The van der Waals surface area contributed by atoms with Crippen LogP contribution in [0.15, 0.2) is 73.2 Å². The van der Waals surface area contributed by atoms with Crippen LogP contribution in [0.2, 0.25) is 0 Å². The Balaban J connectivity index is 1.31. The van der Waals surface area contributed by atoms with Crippen LogP contribution >= 0.6 is 11.3 Å². The number of carbonyl (C=O) groups excluding carboxylic acids is 2. The summed E-state index contributed by atoms with van der Waals surface area (Å²) < 4.78 is 5.97. The molecule has 1 N–H and O–H groups in total. The van der Waals surface area contributed by atoms with Crippen molar-refractivity contribution in [2.75, 3.05) is 11.9 Å². The third-order valence-corrected chi connectivity index (χ3v) is 6.12. The Bertz CT molecular complexity index is 1290. The maximum absolute atomic E-state index is 13.3. The molecule has 0 atom stereocenters. The van der Waals surface area contributed by atoms with Gasteiger partial charge in [-0.15, -0.1) is 0 Å². The molecule has 0 saturated carbocycles. The highest BCUT2D eigenvalue weighted by molar-refractivity contribution is 7.15. The maximum Gasteiger partial charge on any atom is 0.277 e. The Morgan fingerprint density at radius 1 is 1.03 bits per heavy atom. The van der Waals surface area contributed by atoms with Gasteiger partial charge in [-0.2, -0.15) is 0 Å². The first-order valence-corrected chi connectivity index (χ1v) is 11.2. The first kappa shape index (κ1) is 20.8. The predicted molar refractivity (Wildman–Crippen MR) is 124 cm³/mol. The van der Waals surface area contributed by atoms with E-state index in [1.807, 2.05) is 42.5 Å². The van der Waals surface area contributed by atoms with Gasteiger partial charge in [0.25, 0.3) is 11.8 Å². The Labute approximate surface area is 193 Å². The lowest BCUT2D eigenvalue weighted by Gasteiger charge is -2.26. The summed E-state index contributed by atoms with van der Waals surface area (Å²) in [6.45, 7) is 0.958. The lowest BCUT2D eigenvalue weighted by Crippen LogP contribution is -2.35. The molecule has 164 valence electrons. The molecule has 1 aliphatic heterocycles. The smallest absolute Gasteiger partial charge is 0.277 e. The summed E-state index contributed by atoms with van der Waals surface area (Å²) in [6, 6.07) is 16.6. The number of para-hydroxylation sites is 2. The third-order valence-electron chi connectivity index (χ3n) is 5.12. The second-order valence-electron chi connectivity index (χ2n) is 7.32. The summed E-state index contributed by atoms with van der Waals surface area (Å²) >= 11 is 1.37. The molecule has 0 spiro atoms. The SMILES string of the molecule is O=C(Nc1nc2c(s1)CN(C(=O)c1ccccc1Oc1ccccc1)CC2)c1cnccn1. The Hall–Kier alpha value is -4.11. The van der Waals surface area contributed by atoms with Crippen molar-refractivity contribution in [1.82, 2.24) is 19.9 Å². The molecule has 9 heteroatoms. The second-order valence-corrected chi connectivity index (χ2v) is 8.41. The van der Waals surface area contributed by atoms with Gasteiger partial charge in [-0.25, -0.2) is 9.97 Å². The Kier molecular flexibility index (Phi) is 5.77. The predicted octanol–water partition coefficient (Wildman–Crippen LogP) is 4.18. The monoisotopic (exact) mass is 457 g/mol. The van der Waals surface area contributed by atoms with Gasteiger partial charge in [0, 0.05) is 30.2 Å². The number of carbonyl (C=O) groups is 2. The van der Waals surface area contributed by atoms with Crippen LogP contribution in [0.4, 0.5) is 5.13 Å². The third kappa shape index (κ3) is 4.58. The number of ether oxygens (including phenoxy) is 1. The minimum Gasteiger partial charge on any atom is -0.457 e. The zero-order valence-electron chi connectivity index (χ0n) is 17.5. The molecule has 8 nitrogen and oxygen atoms in total. The molecular formula is C24H19N5O3S. The van der Waals surface area contributed by atoms with Crippen molar-refractivity contribution in [3.63, 3.8) is 0 Å². The van der Waals surface area contributed by atoms with Crippen LogP contribution in [0, 0.1) is 0 Å². The van der Waals surface area contributed by atoms with Gasteiger partial charge in [0.2, 0.25) is 0 Å². The number of nitrogens with one attached hydrogen (secondary N) is 1. The largest absolute Gasteiger partial charge is 0.457 e. The molecule has 2 aromatic heterocycles. The molecule has 0 bridgehead atoms. The molecule has 1 aliphatic rings. The van der Waals surface area contributed by atoms with Crippen molar-refractivity contribution in [2.45, 2.75) is 13.0 Å². The second kappa shape index (κ2) is 9.17. The van der Waals surface area contributed by atoms with Gasteiger partial charge in [0.05, 0.1) is 24.0 Å². The number of aromatic nitrogens is 3. The topological polar surface area (TPSA) is 97.3 Å². The van der Waals surface area contributed by atoms with Gasteiger partial charge in [-0.1, -0.05) is 41.7 Å². The molecular weight excluding hydrogens is 438 g/mol. The molecule has 2 aromatic carbocycles. The summed E-state index contributed by atoms with van der Waals surface area (Å²) in [5.74, 6) is 0.713. The van der Waals surface area contributed by atoms with E-state index in [-0.39, 0.29) is 17.5 Å². The van der Waals surface area contributed by atoms with E-state index in [1.54, 1.807) is 17.0 Å². The summed E-state index contributed by atoms with van der Waals surface area (Å²) in [6.07, 6.45) is 4.98. The van der Waals surface area contributed by atoms with Crippen LogP contribution in [0.3, 0.4) is 0 Å². The standard InChI is InChI=1S/C24H19N5O3S/c30-22(19-14-25-11-12-26-19)28-24-27-18-10-13-29(15-21(18)33-24)23(31)17-8-4-5-9-20(17)32-16-6-2-1-3-7-16/h1-9,11-12,14H,10,13,15H2,(H,27,28,30). The number of rotatable bonds is 5. The maximum atomic E-state index is 13.3. The molecule has 2 amide bonds. The number of hydrogen-bond donors (Lipinski definition) is 1. The van der Waals surface area contributed by atoms with E-state index in [2.05, 4.69) is 20.3 Å². The summed E-state index contributed by atoms with van der Waals surface area (Å²) in [5.41, 5.74) is 1.62. The van der Waals surface area contributed by atoms with E-state index in [0.29, 0.717) is 41.7 Å². The van der Waals surface area contributed by atoms with Crippen LogP contribution < -0.4 is 10.1 Å². The van der Waals surface area contributed by atoms with E-state index < -0.39 is 0 Å². The highest BCUT2D eigenvalue weighted by Gasteiger charge is 2.27. The molecule has 4 aromatic rings. The molecule has 0 unspecified atom stereocenters. The van der Waals surface area contributed by atoms with E-state index in [9.17, 15) is 9.59 Å². The number of thiazole rings is 1. The quantitative estimate of drug-likeness (QED) is 0.483. The minimum atomic E-state index is -0.367. The number of nitrogens with zero attached hydrogens (tertiary/aromatic N) is 4. The fourth-order valence-electron chi connectivity index (χ4n) is 3.52. The van der Waals surface area contributed by atoms with Crippen molar-refractivity contribution in [1.29, 1.82) is 0 Å². The molecule has 3 heterocycles. The van der Waals surface area contributed by atoms with Gasteiger partial charge in [0.15, 0.2) is 5.13 Å². The lowest BCUT2D eigenvalue weighted by molar-refractivity contribution is 0.0733. The number of anilines is 1. The van der Waals surface area contributed by atoms with E-state index in [0.717, 1.165) is 10.6 Å². The Morgan fingerprint density at radius 3 is 2.67 bits per heavy atom. The summed E-state index contributed by atoms with van der Waals surface area (Å²) in [5, 5.41) is 3.25. The molecule has 33 heavy (non-hydrogen) atoms. The van der Waals surface area contributed by atoms with Gasteiger partial charge >= 0.3 is 0 Å². The van der Waals surface area contributed by atoms with Gasteiger partial charge in [-0.05, 0) is 24.3 Å². The van der Waals surface area contributed by atoms with Crippen molar-refractivity contribution in [3.05, 3.63) is 95.0 Å². The Morgan fingerprint density at radius 2 is 1.85 bits per heavy atom. The van der Waals surface area contributed by atoms with Crippen LogP contribution in [0.5, 0.6) is 11.5 Å².